The molecule has 0 aromatic carbocycles. The van der Waals surface area contributed by atoms with Crippen LogP contribution in [0.15, 0.2) is 18.5 Å². The first-order chi connectivity index (χ1) is 13.4. The number of hydrogen-bond acceptors (Lipinski definition) is 7. The first kappa shape index (κ1) is 19.8. The van der Waals surface area contributed by atoms with Gasteiger partial charge in [-0.3, -0.25) is 15.7 Å². The maximum absolute atomic E-state index is 10.8. The van der Waals surface area contributed by atoms with Crippen molar-refractivity contribution in [1.82, 2.24) is 20.3 Å². The topological polar surface area (TPSA) is 150 Å². The second kappa shape index (κ2) is 8.83. The molecule has 1 fully saturated rings. The van der Waals surface area contributed by atoms with Gasteiger partial charge in [-0.05, 0) is 24.8 Å². The predicted molar refractivity (Wildman–Crippen MR) is 108 cm³/mol. The third-order valence-electron chi connectivity index (χ3n) is 4.66. The van der Waals surface area contributed by atoms with E-state index in [0.29, 0.717) is 27.9 Å². The van der Waals surface area contributed by atoms with E-state index in [1.165, 1.54) is 25.5 Å². The third-order valence-corrected chi connectivity index (χ3v) is 4.87. The molecule has 2 aromatic rings. The molecule has 0 saturated heterocycles. The van der Waals surface area contributed by atoms with Crippen molar-refractivity contribution in [2.45, 2.75) is 32.1 Å². The molecule has 28 heavy (non-hydrogen) atoms. The van der Waals surface area contributed by atoms with Gasteiger partial charge in [0.1, 0.15) is 11.4 Å². The molecule has 10 heteroatoms. The Morgan fingerprint density at radius 1 is 1.29 bits per heavy atom. The molecular weight excluding hydrogens is 382 g/mol. The highest BCUT2D eigenvalue weighted by Crippen LogP contribution is 2.32. The van der Waals surface area contributed by atoms with Crippen LogP contribution in [0.3, 0.4) is 0 Å². The van der Waals surface area contributed by atoms with E-state index in [1.54, 1.807) is 12.3 Å². The highest BCUT2D eigenvalue weighted by atomic mass is 35.5. The monoisotopic (exact) mass is 403 g/mol. The Balaban J connectivity index is 1.96. The van der Waals surface area contributed by atoms with Crippen LogP contribution >= 0.6 is 11.6 Å². The molecule has 0 bridgehead atoms. The van der Waals surface area contributed by atoms with Crippen LogP contribution in [-0.2, 0) is 0 Å². The summed E-state index contributed by atoms with van der Waals surface area (Å²) >= 11 is 6.07. The molecule has 1 aliphatic carbocycles. The van der Waals surface area contributed by atoms with E-state index in [1.807, 2.05) is 5.32 Å². The highest BCUT2D eigenvalue weighted by molar-refractivity contribution is 6.30. The summed E-state index contributed by atoms with van der Waals surface area (Å²) < 4.78 is 0. The summed E-state index contributed by atoms with van der Waals surface area (Å²) in [5.74, 6) is 0.0882. The van der Waals surface area contributed by atoms with Gasteiger partial charge in [-0.1, -0.05) is 30.9 Å². The molecule has 148 valence electrons. The molecule has 0 radical (unpaired) electrons. The lowest BCUT2D eigenvalue weighted by molar-refractivity contribution is 0.200. The van der Waals surface area contributed by atoms with Crippen molar-refractivity contribution >= 4 is 35.0 Å². The smallest absolute Gasteiger partial charge is 0.410 e. The van der Waals surface area contributed by atoms with Crippen LogP contribution in [0.4, 0.5) is 16.3 Å². The van der Waals surface area contributed by atoms with E-state index in [2.05, 4.69) is 20.3 Å². The van der Waals surface area contributed by atoms with E-state index in [0.717, 1.165) is 19.4 Å². The van der Waals surface area contributed by atoms with Crippen LogP contribution in [0.25, 0.3) is 11.3 Å². The first-order valence-electron chi connectivity index (χ1n) is 9.05. The zero-order chi connectivity index (χ0) is 20.1. The van der Waals surface area contributed by atoms with Crippen LogP contribution in [0.5, 0.6) is 0 Å². The normalized spacial score (nSPS) is 14.5. The second-order valence-corrected chi connectivity index (χ2v) is 7.17. The van der Waals surface area contributed by atoms with Crippen molar-refractivity contribution in [1.29, 1.82) is 5.41 Å². The first-order valence-corrected chi connectivity index (χ1v) is 9.43. The van der Waals surface area contributed by atoms with E-state index < -0.39 is 11.9 Å². The molecule has 1 amide bonds. The molecule has 0 aliphatic heterocycles. The number of carbonyl (C=O) groups is 1. The number of rotatable bonds is 5. The van der Waals surface area contributed by atoms with Crippen molar-refractivity contribution in [3.63, 3.8) is 0 Å². The Labute approximate surface area is 167 Å². The minimum atomic E-state index is -1.38. The number of aromatic nitrogens is 3. The largest absolute Gasteiger partial charge is 0.465 e. The number of anilines is 2. The molecule has 0 unspecified atom stereocenters. The number of nitrogens with zero attached hydrogens (tertiary/aromatic N) is 3. The summed E-state index contributed by atoms with van der Waals surface area (Å²) in [7, 11) is 0. The quantitative estimate of drug-likeness (QED) is 0.379. The number of nitrogens with two attached hydrogens (primary N) is 1. The van der Waals surface area contributed by atoms with Crippen molar-refractivity contribution in [3.05, 3.63) is 29.3 Å². The Kier molecular flexibility index (Phi) is 6.25. The van der Waals surface area contributed by atoms with Crippen LogP contribution < -0.4 is 16.4 Å². The van der Waals surface area contributed by atoms with E-state index >= 15 is 0 Å². The molecule has 1 aliphatic rings. The number of hydrogen-bond donors (Lipinski definition) is 5. The summed E-state index contributed by atoms with van der Waals surface area (Å²) in [6.45, 7) is 0.735. The van der Waals surface area contributed by atoms with Gasteiger partial charge in [-0.25, -0.2) is 14.8 Å². The molecular formula is C18H22ClN7O2. The molecule has 0 spiro atoms. The minimum absolute atomic E-state index is 0.127. The van der Waals surface area contributed by atoms with Crippen LogP contribution in [0, 0.1) is 11.3 Å². The highest BCUT2D eigenvalue weighted by Gasteiger charge is 2.20. The van der Waals surface area contributed by atoms with Crippen molar-refractivity contribution < 1.29 is 9.90 Å². The van der Waals surface area contributed by atoms with Crippen molar-refractivity contribution in [3.8, 4) is 11.3 Å². The lowest BCUT2D eigenvalue weighted by Crippen LogP contribution is -2.31. The summed E-state index contributed by atoms with van der Waals surface area (Å²) in [5.41, 5.74) is 7.69. The number of halogens is 1. The number of amides is 1. The fourth-order valence-corrected chi connectivity index (χ4v) is 3.49. The van der Waals surface area contributed by atoms with Crippen molar-refractivity contribution in [2.75, 3.05) is 17.6 Å². The molecule has 2 heterocycles. The van der Waals surface area contributed by atoms with Crippen LogP contribution in [0.1, 0.15) is 37.9 Å². The van der Waals surface area contributed by atoms with Gasteiger partial charge in [0.05, 0.1) is 5.02 Å². The third kappa shape index (κ3) is 4.86. The average Bonchev–Trinajstić information content (AvgIpc) is 2.66. The van der Waals surface area contributed by atoms with Gasteiger partial charge < -0.3 is 16.2 Å². The number of carboxylic acid groups (broad SMARTS) is 1. The second-order valence-electron chi connectivity index (χ2n) is 6.74. The standard InChI is InChI=1S/C18H22ClN7O2/c19-12-6-11(8-22-9-12)13-14(23-7-10-4-2-1-3-5-10)15(20)25-17(24-13)16(21)26-18(27)28/h6,8-10,23H,1-5,7H2,(H2,21,26)(H,27,28)(H2,20,24,25). The van der Waals surface area contributed by atoms with Gasteiger partial charge in [0.2, 0.25) is 0 Å². The van der Waals surface area contributed by atoms with Crippen LogP contribution in [-0.4, -0.2) is 38.5 Å². The van der Waals surface area contributed by atoms with E-state index in [9.17, 15) is 4.79 Å². The maximum atomic E-state index is 10.8. The fourth-order valence-electron chi connectivity index (χ4n) is 3.31. The lowest BCUT2D eigenvalue weighted by atomic mass is 9.89. The van der Waals surface area contributed by atoms with Gasteiger partial charge in [0.25, 0.3) is 0 Å². The van der Waals surface area contributed by atoms with Gasteiger partial charge in [-0.2, -0.15) is 0 Å². The minimum Gasteiger partial charge on any atom is -0.465 e. The number of amidine groups is 1. The van der Waals surface area contributed by atoms with Gasteiger partial charge >= 0.3 is 6.09 Å². The SMILES string of the molecule is N=C(NC(=O)O)c1nc(N)c(NCC2CCCCC2)c(-c2cncc(Cl)c2)n1. The molecule has 2 aromatic heterocycles. The lowest BCUT2D eigenvalue weighted by Gasteiger charge is -2.23. The summed E-state index contributed by atoms with van der Waals surface area (Å²) in [6.07, 6.45) is 7.74. The molecule has 1 saturated carbocycles. The molecule has 3 rings (SSSR count). The Morgan fingerprint density at radius 3 is 2.71 bits per heavy atom. The number of nitrogen functional groups attached to an aromatic ring is 1. The van der Waals surface area contributed by atoms with Gasteiger partial charge in [0.15, 0.2) is 17.5 Å². The summed E-state index contributed by atoms with van der Waals surface area (Å²) in [5, 5.41) is 22.4. The number of nitrogens with one attached hydrogen (secondary N) is 3. The maximum Gasteiger partial charge on any atom is 0.410 e. The Morgan fingerprint density at radius 2 is 2.04 bits per heavy atom. The predicted octanol–water partition coefficient (Wildman–Crippen LogP) is 3.36. The molecule has 9 nitrogen and oxygen atoms in total. The van der Waals surface area contributed by atoms with E-state index in [-0.39, 0.29) is 11.6 Å². The summed E-state index contributed by atoms with van der Waals surface area (Å²) in [4.78, 5) is 23.4. The Hall–Kier alpha value is -2.94. The van der Waals surface area contributed by atoms with Gasteiger partial charge in [-0.15, -0.1) is 0 Å². The van der Waals surface area contributed by atoms with E-state index in [4.69, 9.17) is 27.9 Å². The zero-order valence-electron chi connectivity index (χ0n) is 15.2. The molecule has 6 N–H and O–H groups in total. The fraction of sp³-hybridized carbons (Fsp3) is 0.389. The van der Waals surface area contributed by atoms with Crippen LogP contribution in [0.2, 0.25) is 5.02 Å². The molecule has 0 atom stereocenters. The van der Waals surface area contributed by atoms with Gasteiger partial charge in [0, 0.05) is 24.5 Å². The average molecular weight is 404 g/mol. The zero-order valence-corrected chi connectivity index (χ0v) is 16.0. The Bertz CT molecular complexity index is 884. The summed E-state index contributed by atoms with van der Waals surface area (Å²) in [6, 6.07) is 1.68. The number of pyridine rings is 1. The van der Waals surface area contributed by atoms with Crippen molar-refractivity contribution in [2.24, 2.45) is 5.92 Å².